The van der Waals surface area contributed by atoms with Gasteiger partial charge in [-0.3, -0.25) is 4.90 Å². The van der Waals surface area contributed by atoms with E-state index < -0.39 is 0 Å². The van der Waals surface area contributed by atoms with Gasteiger partial charge < -0.3 is 20.6 Å². The topological polar surface area (TPSA) is 63.1 Å². The molecule has 1 aromatic rings. The van der Waals surface area contributed by atoms with E-state index in [4.69, 9.17) is 0 Å². The van der Waals surface area contributed by atoms with Gasteiger partial charge in [0.05, 0.1) is 18.3 Å². The zero-order chi connectivity index (χ0) is 22.8. The fourth-order valence-corrected chi connectivity index (χ4v) is 4.11. The van der Waals surface area contributed by atoms with Crippen molar-refractivity contribution < 1.29 is 9.50 Å². The second-order valence-corrected chi connectivity index (χ2v) is 8.90. The van der Waals surface area contributed by atoms with Crippen molar-refractivity contribution >= 4 is 35.6 Å². The molecular weight excluding hydrogens is 520 g/mol. The Morgan fingerprint density at radius 3 is 2.41 bits per heavy atom. The Morgan fingerprint density at radius 2 is 1.84 bits per heavy atom. The number of piperidine rings is 1. The van der Waals surface area contributed by atoms with Crippen LogP contribution in [0.15, 0.2) is 23.2 Å². The maximum atomic E-state index is 14.7. The van der Waals surface area contributed by atoms with Crippen molar-refractivity contribution in [3.63, 3.8) is 0 Å². The third-order valence-electron chi connectivity index (χ3n) is 5.79. The van der Waals surface area contributed by atoms with Gasteiger partial charge >= 0.3 is 0 Å². The molecule has 1 aliphatic rings. The maximum absolute atomic E-state index is 14.7. The van der Waals surface area contributed by atoms with E-state index in [1.807, 2.05) is 24.0 Å². The van der Waals surface area contributed by atoms with E-state index in [0.717, 1.165) is 37.6 Å². The molecule has 184 valence electrons. The highest BCUT2D eigenvalue weighted by atomic mass is 127. The van der Waals surface area contributed by atoms with Gasteiger partial charge in [-0.15, -0.1) is 24.0 Å². The molecule has 3 N–H and O–H groups in total. The molecule has 0 unspecified atom stereocenters. The molecule has 32 heavy (non-hydrogen) atoms. The van der Waals surface area contributed by atoms with E-state index in [2.05, 4.69) is 48.2 Å². The number of aliphatic hydroxyl groups excluding tert-OH is 1. The second-order valence-electron chi connectivity index (χ2n) is 8.90. The van der Waals surface area contributed by atoms with E-state index in [1.54, 1.807) is 6.07 Å². The molecule has 2 rings (SSSR count). The van der Waals surface area contributed by atoms with Crippen molar-refractivity contribution in [3.8, 4) is 0 Å². The number of hydrogen-bond donors (Lipinski definition) is 3. The first-order valence-electron chi connectivity index (χ1n) is 11.8. The lowest BCUT2D eigenvalue weighted by Gasteiger charge is -2.31. The predicted molar refractivity (Wildman–Crippen MR) is 144 cm³/mol. The monoisotopic (exact) mass is 563 g/mol. The summed E-state index contributed by atoms with van der Waals surface area (Å²) in [6, 6.07) is 6.44. The van der Waals surface area contributed by atoms with Crippen molar-refractivity contribution in [1.82, 2.24) is 15.5 Å². The minimum absolute atomic E-state index is 0. The number of nitrogens with one attached hydrogen (secondary N) is 2. The van der Waals surface area contributed by atoms with E-state index >= 15 is 0 Å². The molecule has 0 aliphatic carbocycles. The predicted octanol–water partition coefficient (Wildman–Crippen LogP) is 3.97. The highest BCUT2D eigenvalue weighted by molar-refractivity contribution is 14.0. The fourth-order valence-electron chi connectivity index (χ4n) is 4.11. The highest BCUT2D eigenvalue weighted by Gasteiger charge is 2.19. The van der Waals surface area contributed by atoms with Gasteiger partial charge in [-0.25, -0.2) is 9.38 Å². The Morgan fingerprint density at radius 1 is 1.19 bits per heavy atom. The number of hydrogen-bond acceptors (Lipinski definition) is 4. The van der Waals surface area contributed by atoms with Crippen LogP contribution in [0.3, 0.4) is 0 Å². The summed E-state index contributed by atoms with van der Waals surface area (Å²) in [6.07, 6.45) is 2.16. The molecule has 6 nitrogen and oxygen atoms in total. The number of anilines is 1. The van der Waals surface area contributed by atoms with Crippen LogP contribution in [-0.4, -0.2) is 66.9 Å². The summed E-state index contributed by atoms with van der Waals surface area (Å²) in [4.78, 5) is 9.13. The van der Waals surface area contributed by atoms with Gasteiger partial charge in [-0.1, -0.05) is 6.07 Å². The van der Waals surface area contributed by atoms with Crippen LogP contribution in [0.25, 0.3) is 0 Å². The van der Waals surface area contributed by atoms with Gasteiger partial charge in [0.1, 0.15) is 5.82 Å². The van der Waals surface area contributed by atoms with Crippen molar-refractivity contribution in [2.75, 3.05) is 37.6 Å². The van der Waals surface area contributed by atoms with Crippen LogP contribution in [0.2, 0.25) is 0 Å². The fraction of sp³-hybridized carbons (Fsp3) is 0.708. The van der Waals surface area contributed by atoms with Crippen LogP contribution in [0, 0.1) is 5.82 Å². The number of aliphatic hydroxyl groups is 1. The van der Waals surface area contributed by atoms with Crippen LogP contribution in [0.5, 0.6) is 0 Å². The van der Waals surface area contributed by atoms with E-state index in [0.29, 0.717) is 50.2 Å². The summed E-state index contributed by atoms with van der Waals surface area (Å²) in [5.41, 5.74) is 1.46. The molecule has 1 saturated heterocycles. The van der Waals surface area contributed by atoms with Crippen molar-refractivity contribution in [2.24, 2.45) is 4.99 Å². The van der Waals surface area contributed by atoms with Gasteiger partial charge in [-0.2, -0.15) is 0 Å². The molecule has 0 spiro atoms. The Kier molecular flexibility index (Phi) is 13.5. The zero-order valence-corrected chi connectivity index (χ0v) is 22.7. The molecular formula is C24H43FIN5O. The summed E-state index contributed by atoms with van der Waals surface area (Å²) in [7, 11) is 0. The standard InChI is InChI=1S/C24H42FN5O.HI/c1-6-26-24(27-12-7-13-30(18(2)3)19(4)5)28-17-20-8-9-23(22(25)16-20)29-14-10-21(31)11-15-29;/h8-9,16,18-19,21,31H,6-7,10-15,17H2,1-5H3,(H2,26,27,28);1H. The van der Waals surface area contributed by atoms with Gasteiger partial charge in [0, 0.05) is 44.8 Å². The first-order valence-corrected chi connectivity index (χ1v) is 11.8. The van der Waals surface area contributed by atoms with Crippen LogP contribution in [0.4, 0.5) is 10.1 Å². The average molecular weight is 564 g/mol. The molecule has 0 atom stereocenters. The van der Waals surface area contributed by atoms with Crippen LogP contribution >= 0.6 is 24.0 Å². The molecule has 1 aromatic carbocycles. The number of rotatable bonds is 10. The van der Waals surface area contributed by atoms with Crippen molar-refractivity contribution in [2.45, 2.75) is 78.6 Å². The number of benzene rings is 1. The van der Waals surface area contributed by atoms with Crippen LogP contribution in [-0.2, 0) is 6.54 Å². The largest absolute Gasteiger partial charge is 0.393 e. The Labute approximate surface area is 211 Å². The highest BCUT2D eigenvalue weighted by Crippen LogP contribution is 2.24. The molecule has 8 heteroatoms. The number of guanidine groups is 1. The van der Waals surface area contributed by atoms with E-state index in [9.17, 15) is 9.50 Å². The molecule has 0 amide bonds. The summed E-state index contributed by atoms with van der Waals surface area (Å²) >= 11 is 0. The quantitative estimate of drug-likeness (QED) is 0.174. The molecule has 1 fully saturated rings. The third-order valence-corrected chi connectivity index (χ3v) is 5.79. The minimum Gasteiger partial charge on any atom is -0.393 e. The molecule has 0 bridgehead atoms. The maximum Gasteiger partial charge on any atom is 0.191 e. The summed E-state index contributed by atoms with van der Waals surface area (Å²) in [5, 5.41) is 16.3. The smallest absolute Gasteiger partial charge is 0.191 e. The SMILES string of the molecule is CCNC(=NCc1ccc(N2CCC(O)CC2)c(F)c1)NCCCN(C(C)C)C(C)C.I. The minimum atomic E-state index is -0.260. The van der Waals surface area contributed by atoms with E-state index in [1.165, 1.54) is 0 Å². The number of aliphatic imine (C=N–C) groups is 1. The Bertz CT molecular complexity index is 685. The normalized spacial score (nSPS) is 15.4. The molecule has 0 saturated carbocycles. The first-order chi connectivity index (χ1) is 14.8. The van der Waals surface area contributed by atoms with Crippen molar-refractivity contribution in [1.29, 1.82) is 0 Å². The molecule has 1 heterocycles. The lowest BCUT2D eigenvalue weighted by atomic mass is 10.1. The first kappa shape index (κ1) is 28.9. The lowest BCUT2D eigenvalue weighted by Crippen LogP contribution is -2.41. The third kappa shape index (κ3) is 9.39. The van der Waals surface area contributed by atoms with Gasteiger partial charge in [-0.05, 0) is 71.6 Å². The molecule has 0 radical (unpaired) electrons. The van der Waals surface area contributed by atoms with Gasteiger partial charge in [0.2, 0.25) is 0 Å². The molecule has 0 aromatic heterocycles. The van der Waals surface area contributed by atoms with E-state index in [-0.39, 0.29) is 35.9 Å². The Balaban J connectivity index is 0.00000512. The van der Waals surface area contributed by atoms with Crippen molar-refractivity contribution in [3.05, 3.63) is 29.6 Å². The van der Waals surface area contributed by atoms with Gasteiger partial charge in [0.15, 0.2) is 5.96 Å². The van der Waals surface area contributed by atoms with Crippen LogP contribution in [0.1, 0.15) is 59.4 Å². The summed E-state index contributed by atoms with van der Waals surface area (Å²) in [6.45, 7) is 15.5. The van der Waals surface area contributed by atoms with Crippen LogP contribution < -0.4 is 15.5 Å². The lowest BCUT2D eigenvalue weighted by molar-refractivity contribution is 0.145. The average Bonchev–Trinajstić information content (AvgIpc) is 2.72. The Hall–Kier alpha value is -1.13. The second kappa shape index (κ2) is 14.9. The summed E-state index contributed by atoms with van der Waals surface area (Å²) in [5.74, 6) is 0.544. The molecule has 1 aliphatic heterocycles. The number of nitrogens with zero attached hydrogens (tertiary/aromatic N) is 3. The zero-order valence-electron chi connectivity index (χ0n) is 20.4. The van der Waals surface area contributed by atoms with Gasteiger partial charge in [0.25, 0.3) is 0 Å². The summed E-state index contributed by atoms with van der Waals surface area (Å²) < 4.78 is 14.7. The number of halogens is 2.